The third-order valence-electron chi connectivity index (χ3n) is 2.34. The number of hydrogen-bond donors (Lipinski definition) is 2. The minimum atomic E-state index is 0.654. The van der Waals surface area contributed by atoms with E-state index in [-0.39, 0.29) is 0 Å². The van der Waals surface area contributed by atoms with E-state index >= 15 is 0 Å². The quantitative estimate of drug-likeness (QED) is 0.846. The minimum Gasteiger partial charge on any atom is -0.494 e. The number of hydrogen-bond acceptors (Lipinski definition) is 5. The molecule has 0 aliphatic rings. The van der Waals surface area contributed by atoms with Crippen molar-refractivity contribution in [1.82, 2.24) is 9.97 Å². The van der Waals surface area contributed by atoms with Crippen LogP contribution in [0.3, 0.4) is 0 Å². The second-order valence-corrected chi connectivity index (χ2v) is 3.62. The molecule has 0 atom stereocenters. The topological polar surface area (TPSA) is 59.1 Å². The maximum Gasteiger partial charge on any atom is 0.135 e. The van der Waals surface area contributed by atoms with Crippen LogP contribution in [0.4, 0.5) is 17.3 Å². The predicted molar refractivity (Wildman–Crippen MR) is 72.5 cm³/mol. The molecule has 1 aromatic heterocycles. The first kappa shape index (κ1) is 12.2. The smallest absolute Gasteiger partial charge is 0.135 e. The van der Waals surface area contributed by atoms with Gasteiger partial charge in [-0.1, -0.05) is 6.07 Å². The largest absolute Gasteiger partial charge is 0.494 e. The van der Waals surface area contributed by atoms with Gasteiger partial charge in [0.2, 0.25) is 0 Å². The maximum atomic E-state index is 5.44. The first-order valence-corrected chi connectivity index (χ1v) is 5.81. The summed E-state index contributed by atoms with van der Waals surface area (Å²) in [6.45, 7) is 2.62. The number of benzene rings is 1. The fourth-order valence-corrected chi connectivity index (χ4v) is 1.54. The van der Waals surface area contributed by atoms with Crippen LogP contribution in [0.2, 0.25) is 0 Å². The fraction of sp³-hybridized carbons (Fsp3) is 0.231. The number of nitrogens with zero attached hydrogens (tertiary/aromatic N) is 2. The lowest BCUT2D eigenvalue weighted by molar-refractivity contribution is 0.340. The van der Waals surface area contributed by atoms with Crippen molar-refractivity contribution >= 4 is 17.3 Å². The van der Waals surface area contributed by atoms with Crippen molar-refractivity contribution in [2.45, 2.75) is 6.92 Å². The van der Waals surface area contributed by atoms with Gasteiger partial charge >= 0.3 is 0 Å². The van der Waals surface area contributed by atoms with Crippen LogP contribution in [-0.2, 0) is 0 Å². The number of aromatic nitrogens is 2. The molecule has 0 radical (unpaired) electrons. The molecule has 0 fully saturated rings. The van der Waals surface area contributed by atoms with Crippen molar-refractivity contribution in [1.29, 1.82) is 0 Å². The van der Waals surface area contributed by atoms with E-state index in [4.69, 9.17) is 4.74 Å². The van der Waals surface area contributed by atoms with Gasteiger partial charge in [-0.3, -0.25) is 0 Å². The van der Waals surface area contributed by atoms with Gasteiger partial charge in [0.05, 0.1) is 6.61 Å². The second-order valence-electron chi connectivity index (χ2n) is 3.62. The lowest BCUT2D eigenvalue weighted by atomic mass is 10.3. The van der Waals surface area contributed by atoms with Gasteiger partial charge in [-0.25, -0.2) is 9.97 Å². The van der Waals surface area contributed by atoms with E-state index in [9.17, 15) is 0 Å². The average Bonchev–Trinajstić information content (AvgIpc) is 2.40. The minimum absolute atomic E-state index is 0.654. The van der Waals surface area contributed by atoms with Gasteiger partial charge < -0.3 is 15.4 Å². The Morgan fingerprint density at radius 2 is 2.00 bits per heavy atom. The molecule has 0 saturated carbocycles. The summed E-state index contributed by atoms with van der Waals surface area (Å²) < 4.78 is 5.44. The van der Waals surface area contributed by atoms with E-state index in [1.54, 1.807) is 0 Å². The summed E-state index contributed by atoms with van der Waals surface area (Å²) >= 11 is 0. The first-order chi connectivity index (χ1) is 8.81. The molecule has 0 bridgehead atoms. The van der Waals surface area contributed by atoms with Gasteiger partial charge in [0, 0.05) is 24.9 Å². The molecule has 18 heavy (non-hydrogen) atoms. The standard InChI is InChI=1S/C13H16N4O/c1-3-18-11-6-4-5-10(7-11)17-13-8-12(14-2)15-9-16-13/h4-9H,3H2,1-2H3,(H2,14,15,16,17). The van der Waals surface area contributed by atoms with E-state index in [2.05, 4.69) is 20.6 Å². The highest BCUT2D eigenvalue weighted by atomic mass is 16.5. The Morgan fingerprint density at radius 3 is 2.78 bits per heavy atom. The lowest BCUT2D eigenvalue weighted by Crippen LogP contribution is -1.98. The van der Waals surface area contributed by atoms with E-state index in [1.165, 1.54) is 6.33 Å². The summed E-state index contributed by atoms with van der Waals surface area (Å²) in [5.41, 5.74) is 0.932. The van der Waals surface area contributed by atoms with Crippen molar-refractivity contribution < 1.29 is 4.74 Å². The van der Waals surface area contributed by atoms with Gasteiger partial charge in [0.25, 0.3) is 0 Å². The fourth-order valence-electron chi connectivity index (χ4n) is 1.54. The molecule has 0 amide bonds. The number of nitrogens with one attached hydrogen (secondary N) is 2. The van der Waals surface area contributed by atoms with Crippen LogP contribution >= 0.6 is 0 Å². The molecule has 0 spiro atoms. The molecule has 94 valence electrons. The Bertz CT molecular complexity index is 516. The monoisotopic (exact) mass is 244 g/mol. The zero-order valence-electron chi connectivity index (χ0n) is 10.5. The molecule has 0 aliphatic heterocycles. The highest BCUT2D eigenvalue weighted by Crippen LogP contribution is 2.21. The first-order valence-electron chi connectivity index (χ1n) is 5.81. The molecule has 2 rings (SSSR count). The third-order valence-corrected chi connectivity index (χ3v) is 2.34. The molecule has 5 heteroatoms. The molecular weight excluding hydrogens is 228 g/mol. The van der Waals surface area contributed by atoms with Crippen molar-refractivity contribution in [2.75, 3.05) is 24.3 Å². The molecular formula is C13H16N4O. The van der Waals surface area contributed by atoms with Crippen LogP contribution in [0.5, 0.6) is 5.75 Å². The van der Waals surface area contributed by atoms with Crippen molar-refractivity contribution in [3.63, 3.8) is 0 Å². The molecule has 5 nitrogen and oxygen atoms in total. The third kappa shape index (κ3) is 3.10. The van der Waals surface area contributed by atoms with Crippen LogP contribution in [-0.4, -0.2) is 23.6 Å². The van der Waals surface area contributed by atoms with Crippen molar-refractivity contribution in [3.05, 3.63) is 36.7 Å². The summed E-state index contributed by atoms with van der Waals surface area (Å²) in [4.78, 5) is 8.21. The molecule has 2 N–H and O–H groups in total. The number of anilines is 3. The lowest BCUT2D eigenvalue weighted by Gasteiger charge is -2.08. The molecule has 0 saturated heterocycles. The Balaban J connectivity index is 2.14. The summed E-state index contributed by atoms with van der Waals surface area (Å²) in [5, 5.41) is 6.18. The van der Waals surface area contributed by atoms with Gasteiger partial charge in [0.1, 0.15) is 23.7 Å². The Labute approximate surface area is 106 Å². The Hall–Kier alpha value is -2.30. The van der Waals surface area contributed by atoms with Gasteiger partial charge in [-0.15, -0.1) is 0 Å². The summed E-state index contributed by atoms with van der Waals surface area (Å²) in [7, 11) is 1.82. The van der Waals surface area contributed by atoms with Crippen LogP contribution in [0.1, 0.15) is 6.92 Å². The Morgan fingerprint density at radius 1 is 1.17 bits per heavy atom. The normalized spacial score (nSPS) is 9.89. The van der Waals surface area contributed by atoms with Crippen LogP contribution < -0.4 is 15.4 Å². The number of rotatable bonds is 5. The molecule has 0 unspecified atom stereocenters. The van der Waals surface area contributed by atoms with Crippen LogP contribution in [0, 0.1) is 0 Å². The average molecular weight is 244 g/mol. The van der Waals surface area contributed by atoms with E-state index < -0.39 is 0 Å². The van der Waals surface area contributed by atoms with Gasteiger partial charge in [-0.05, 0) is 19.1 Å². The molecule has 1 aromatic carbocycles. The summed E-state index contributed by atoms with van der Waals surface area (Å²) in [6.07, 6.45) is 1.51. The SMILES string of the molecule is CCOc1cccc(Nc2cc(NC)ncn2)c1. The summed E-state index contributed by atoms with van der Waals surface area (Å²) in [6, 6.07) is 9.60. The van der Waals surface area contributed by atoms with Gasteiger partial charge in [0.15, 0.2) is 0 Å². The van der Waals surface area contributed by atoms with Crippen molar-refractivity contribution in [3.8, 4) is 5.75 Å². The molecule has 1 heterocycles. The maximum absolute atomic E-state index is 5.44. The predicted octanol–water partition coefficient (Wildman–Crippen LogP) is 2.66. The van der Waals surface area contributed by atoms with E-state index in [0.29, 0.717) is 6.61 Å². The molecule has 0 aliphatic carbocycles. The summed E-state index contributed by atoms with van der Waals surface area (Å²) in [5.74, 6) is 2.35. The second kappa shape index (κ2) is 5.86. The highest BCUT2D eigenvalue weighted by molar-refractivity contribution is 5.60. The van der Waals surface area contributed by atoms with E-state index in [0.717, 1.165) is 23.1 Å². The van der Waals surface area contributed by atoms with Crippen molar-refractivity contribution in [2.24, 2.45) is 0 Å². The number of ether oxygens (including phenoxy) is 1. The molecule has 2 aromatic rings. The van der Waals surface area contributed by atoms with Crippen LogP contribution in [0.25, 0.3) is 0 Å². The van der Waals surface area contributed by atoms with Gasteiger partial charge in [-0.2, -0.15) is 0 Å². The zero-order chi connectivity index (χ0) is 12.8. The Kier molecular flexibility index (Phi) is 3.96. The van der Waals surface area contributed by atoms with E-state index in [1.807, 2.05) is 44.3 Å². The zero-order valence-corrected chi connectivity index (χ0v) is 10.5. The highest BCUT2D eigenvalue weighted by Gasteiger charge is 2.00. The van der Waals surface area contributed by atoms with Crippen LogP contribution in [0.15, 0.2) is 36.7 Å².